The number of nitro groups is 1. The number of anilines is 1. The molecule has 1 N–H and O–H groups in total. The van der Waals surface area contributed by atoms with E-state index in [1.54, 1.807) is 18.3 Å². The van der Waals surface area contributed by atoms with Crippen molar-refractivity contribution < 1.29 is 9.66 Å². The molecule has 0 amide bonds. The molecule has 0 fully saturated rings. The maximum Gasteiger partial charge on any atom is 0.269 e. The van der Waals surface area contributed by atoms with Crippen LogP contribution in [-0.4, -0.2) is 17.7 Å². The van der Waals surface area contributed by atoms with E-state index in [1.807, 2.05) is 31.2 Å². The number of rotatable bonds is 6. The molecule has 108 valence electrons. The molecule has 0 heterocycles. The average molecular weight is 285 g/mol. The molecule has 0 bridgehead atoms. The lowest BCUT2D eigenvalue weighted by Gasteiger charge is -2.02. The van der Waals surface area contributed by atoms with Crippen molar-refractivity contribution in [2.45, 2.75) is 6.92 Å². The third-order valence-electron chi connectivity index (χ3n) is 2.68. The Bertz CT molecular complexity index is 622. The number of hydrogen-bond acceptors (Lipinski definition) is 5. The Morgan fingerprint density at radius 2 is 1.86 bits per heavy atom. The third kappa shape index (κ3) is 4.31. The number of benzene rings is 2. The predicted molar refractivity (Wildman–Crippen MR) is 81.9 cm³/mol. The van der Waals surface area contributed by atoms with E-state index >= 15 is 0 Å². The Morgan fingerprint density at radius 3 is 2.43 bits per heavy atom. The van der Waals surface area contributed by atoms with Gasteiger partial charge in [0.1, 0.15) is 5.75 Å². The smallest absolute Gasteiger partial charge is 0.269 e. The lowest BCUT2D eigenvalue weighted by atomic mass is 10.2. The topological polar surface area (TPSA) is 76.8 Å². The van der Waals surface area contributed by atoms with Gasteiger partial charge in [-0.3, -0.25) is 15.5 Å². The summed E-state index contributed by atoms with van der Waals surface area (Å²) in [5, 5.41) is 14.6. The van der Waals surface area contributed by atoms with E-state index in [0.717, 1.165) is 11.3 Å². The lowest BCUT2D eigenvalue weighted by molar-refractivity contribution is -0.384. The second-order valence-electron chi connectivity index (χ2n) is 4.18. The van der Waals surface area contributed by atoms with Crippen LogP contribution in [0.5, 0.6) is 5.75 Å². The van der Waals surface area contributed by atoms with Gasteiger partial charge in [-0.05, 0) is 48.9 Å². The molecule has 0 radical (unpaired) electrons. The van der Waals surface area contributed by atoms with E-state index in [1.165, 1.54) is 12.1 Å². The van der Waals surface area contributed by atoms with Gasteiger partial charge in [0, 0.05) is 12.1 Å². The van der Waals surface area contributed by atoms with Crippen molar-refractivity contribution in [3.05, 3.63) is 64.2 Å². The van der Waals surface area contributed by atoms with Gasteiger partial charge in [0.2, 0.25) is 0 Å². The number of hydrazone groups is 1. The van der Waals surface area contributed by atoms with Gasteiger partial charge in [-0.25, -0.2) is 0 Å². The van der Waals surface area contributed by atoms with E-state index in [-0.39, 0.29) is 5.69 Å². The molecule has 2 aromatic rings. The summed E-state index contributed by atoms with van der Waals surface area (Å²) < 4.78 is 5.35. The van der Waals surface area contributed by atoms with E-state index in [4.69, 9.17) is 4.74 Å². The molecule has 21 heavy (non-hydrogen) atoms. The normalized spacial score (nSPS) is 10.5. The molecule has 0 aliphatic heterocycles. The molecule has 0 aliphatic rings. The fraction of sp³-hybridized carbons (Fsp3) is 0.133. The maximum atomic E-state index is 10.5. The minimum absolute atomic E-state index is 0.0519. The van der Waals surface area contributed by atoms with Gasteiger partial charge in [-0.15, -0.1) is 0 Å². The minimum atomic E-state index is -0.438. The maximum absolute atomic E-state index is 10.5. The predicted octanol–water partition coefficient (Wildman–Crippen LogP) is 3.44. The summed E-state index contributed by atoms with van der Waals surface area (Å²) in [5.74, 6) is 0.818. The van der Waals surface area contributed by atoms with Crippen LogP contribution in [0, 0.1) is 10.1 Å². The van der Waals surface area contributed by atoms with Gasteiger partial charge in [0.25, 0.3) is 5.69 Å². The first-order valence-corrected chi connectivity index (χ1v) is 6.45. The zero-order chi connectivity index (χ0) is 15.1. The highest BCUT2D eigenvalue weighted by atomic mass is 16.6. The molecule has 2 aromatic carbocycles. The van der Waals surface area contributed by atoms with E-state index in [9.17, 15) is 10.1 Å². The summed E-state index contributed by atoms with van der Waals surface area (Å²) in [7, 11) is 0. The highest BCUT2D eigenvalue weighted by Gasteiger charge is 2.02. The van der Waals surface area contributed by atoms with Crippen molar-refractivity contribution in [1.82, 2.24) is 0 Å². The quantitative estimate of drug-likeness (QED) is 0.501. The summed E-state index contributed by atoms with van der Waals surface area (Å²) >= 11 is 0. The zero-order valence-corrected chi connectivity index (χ0v) is 11.5. The van der Waals surface area contributed by atoms with Crippen LogP contribution in [0.1, 0.15) is 12.5 Å². The fourth-order valence-electron chi connectivity index (χ4n) is 1.66. The van der Waals surface area contributed by atoms with Crippen LogP contribution in [0.2, 0.25) is 0 Å². The van der Waals surface area contributed by atoms with Gasteiger partial charge >= 0.3 is 0 Å². The molecular weight excluding hydrogens is 270 g/mol. The van der Waals surface area contributed by atoms with Crippen molar-refractivity contribution in [2.24, 2.45) is 5.10 Å². The van der Waals surface area contributed by atoms with Crippen LogP contribution in [0.4, 0.5) is 11.4 Å². The summed E-state index contributed by atoms with van der Waals surface area (Å²) in [6, 6.07) is 13.6. The zero-order valence-electron chi connectivity index (χ0n) is 11.5. The van der Waals surface area contributed by atoms with Crippen molar-refractivity contribution in [3.8, 4) is 5.75 Å². The monoisotopic (exact) mass is 285 g/mol. The average Bonchev–Trinajstić information content (AvgIpc) is 2.50. The first kappa shape index (κ1) is 14.5. The van der Waals surface area contributed by atoms with E-state index < -0.39 is 4.92 Å². The summed E-state index contributed by atoms with van der Waals surface area (Å²) in [5.41, 5.74) is 4.47. The van der Waals surface area contributed by atoms with Crippen molar-refractivity contribution in [2.75, 3.05) is 12.0 Å². The molecule has 0 aliphatic carbocycles. The number of nitrogens with zero attached hydrogens (tertiary/aromatic N) is 2. The first-order valence-electron chi connectivity index (χ1n) is 6.45. The molecule has 6 nitrogen and oxygen atoms in total. The van der Waals surface area contributed by atoms with Crippen LogP contribution in [0.15, 0.2) is 53.6 Å². The Hall–Kier alpha value is -2.89. The highest BCUT2D eigenvalue weighted by molar-refractivity contribution is 5.80. The molecule has 0 unspecified atom stereocenters. The number of nitrogens with one attached hydrogen (secondary N) is 1. The molecular formula is C15H15N3O3. The van der Waals surface area contributed by atoms with Crippen LogP contribution < -0.4 is 10.2 Å². The van der Waals surface area contributed by atoms with Crippen LogP contribution >= 0.6 is 0 Å². The molecule has 0 atom stereocenters. The minimum Gasteiger partial charge on any atom is -0.494 e. The standard InChI is InChI=1S/C15H15N3O3/c1-2-21-15-9-3-12(4-10-15)11-16-17-13-5-7-14(8-6-13)18(19)20/h3-11,17H,2H2,1H3/b16-11-. The van der Waals surface area contributed by atoms with Crippen molar-refractivity contribution in [1.29, 1.82) is 0 Å². The fourth-order valence-corrected chi connectivity index (χ4v) is 1.66. The molecule has 0 spiro atoms. The summed E-state index contributed by atoms with van der Waals surface area (Å²) in [6.45, 7) is 2.57. The molecule has 0 aromatic heterocycles. The van der Waals surface area contributed by atoms with Crippen molar-refractivity contribution in [3.63, 3.8) is 0 Å². The Balaban J connectivity index is 1.93. The van der Waals surface area contributed by atoms with Gasteiger partial charge < -0.3 is 4.74 Å². The first-order chi connectivity index (χ1) is 10.2. The van der Waals surface area contributed by atoms with Gasteiger partial charge in [0.05, 0.1) is 23.4 Å². The number of ether oxygens (including phenoxy) is 1. The molecule has 6 heteroatoms. The summed E-state index contributed by atoms with van der Waals surface area (Å²) in [6.07, 6.45) is 1.66. The highest BCUT2D eigenvalue weighted by Crippen LogP contribution is 2.15. The van der Waals surface area contributed by atoms with Crippen molar-refractivity contribution >= 4 is 17.6 Å². The second-order valence-corrected chi connectivity index (χ2v) is 4.18. The van der Waals surface area contributed by atoms with E-state index in [2.05, 4.69) is 10.5 Å². The lowest BCUT2D eigenvalue weighted by Crippen LogP contribution is -1.93. The SMILES string of the molecule is CCOc1ccc(/C=N\Nc2ccc([N+](=O)[O-])cc2)cc1. The van der Waals surface area contributed by atoms with Crippen LogP contribution in [0.25, 0.3) is 0 Å². The Labute approximate surface area is 122 Å². The van der Waals surface area contributed by atoms with E-state index in [0.29, 0.717) is 12.3 Å². The Kier molecular flexibility index (Phi) is 4.87. The van der Waals surface area contributed by atoms with Crippen LogP contribution in [0.3, 0.4) is 0 Å². The number of hydrogen-bond donors (Lipinski definition) is 1. The largest absolute Gasteiger partial charge is 0.494 e. The summed E-state index contributed by atoms with van der Waals surface area (Å²) in [4.78, 5) is 10.1. The molecule has 0 saturated carbocycles. The third-order valence-corrected chi connectivity index (χ3v) is 2.68. The van der Waals surface area contributed by atoms with Gasteiger partial charge in [0.15, 0.2) is 0 Å². The van der Waals surface area contributed by atoms with Gasteiger partial charge in [-0.1, -0.05) is 0 Å². The number of non-ortho nitro benzene ring substituents is 1. The van der Waals surface area contributed by atoms with Crippen LogP contribution in [-0.2, 0) is 0 Å². The molecule has 2 rings (SSSR count). The Morgan fingerprint density at radius 1 is 1.19 bits per heavy atom. The van der Waals surface area contributed by atoms with Gasteiger partial charge in [-0.2, -0.15) is 5.10 Å². The number of nitro benzene ring substituents is 1. The molecule has 0 saturated heterocycles. The second kappa shape index (κ2) is 7.04.